The van der Waals surface area contributed by atoms with Gasteiger partial charge in [0.05, 0.1) is 11.9 Å². The minimum Gasteiger partial charge on any atom is -0.491 e. The second kappa shape index (κ2) is 7.84. The minimum atomic E-state index is -0.610. The van der Waals surface area contributed by atoms with E-state index < -0.39 is 6.10 Å². The highest BCUT2D eigenvalue weighted by Gasteiger charge is 2.07. The third-order valence-electron chi connectivity index (χ3n) is 2.12. The van der Waals surface area contributed by atoms with Gasteiger partial charge in [-0.1, -0.05) is 6.07 Å². The van der Waals surface area contributed by atoms with Crippen molar-refractivity contribution < 1.29 is 14.6 Å². The van der Waals surface area contributed by atoms with Crippen molar-refractivity contribution in [1.29, 1.82) is 0 Å². The smallest absolute Gasteiger partial charge is 0.229 e. The van der Waals surface area contributed by atoms with Gasteiger partial charge in [0, 0.05) is 24.6 Å². The summed E-state index contributed by atoms with van der Waals surface area (Å²) in [5.74, 6) is 1.37. The molecule has 0 heterocycles. The Kier molecular flexibility index (Phi) is 6.38. The van der Waals surface area contributed by atoms with Crippen molar-refractivity contribution in [3.05, 3.63) is 24.3 Å². The molecule has 1 atom stereocenters. The Balaban J connectivity index is 2.20. The molecule has 18 heavy (non-hydrogen) atoms. The summed E-state index contributed by atoms with van der Waals surface area (Å²) in [6.07, 6.45) is -0.610. The first kappa shape index (κ1) is 14.7. The number of anilines is 1. The molecule has 0 bridgehead atoms. The molecular weight excluding hydrogens is 252 g/mol. The van der Waals surface area contributed by atoms with Gasteiger partial charge in [-0.05, 0) is 12.1 Å². The van der Waals surface area contributed by atoms with Crippen LogP contribution in [0.3, 0.4) is 0 Å². The zero-order chi connectivity index (χ0) is 13.4. The van der Waals surface area contributed by atoms with Crippen molar-refractivity contribution in [2.75, 3.05) is 30.9 Å². The van der Waals surface area contributed by atoms with Crippen molar-refractivity contribution in [3.8, 4) is 5.75 Å². The second-order valence-electron chi connectivity index (χ2n) is 3.73. The number of carbonyl (C=O) groups is 1. The number of nitrogens with one attached hydrogen (secondary N) is 1. The van der Waals surface area contributed by atoms with Gasteiger partial charge in [0.2, 0.25) is 5.91 Å². The normalized spacial score (nSPS) is 11.9. The van der Waals surface area contributed by atoms with Crippen LogP contribution >= 0.6 is 11.8 Å². The lowest BCUT2D eigenvalue weighted by molar-refractivity contribution is -0.118. The van der Waals surface area contributed by atoms with E-state index in [4.69, 9.17) is 10.5 Å². The van der Waals surface area contributed by atoms with Crippen LogP contribution in [0.5, 0.6) is 5.75 Å². The van der Waals surface area contributed by atoms with Crippen LogP contribution in [0.2, 0.25) is 0 Å². The Labute approximate surface area is 111 Å². The molecule has 1 aromatic carbocycles. The third kappa shape index (κ3) is 5.79. The van der Waals surface area contributed by atoms with E-state index in [-0.39, 0.29) is 12.5 Å². The molecule has 0 aliphatic carbocycles. The van der Waals surface area contributed by atoms with Crippen LogP contribution in [0.4, 0.5) is 5.69 Å². The van der Waals surface area contributed by atoms with Crippen LogP contribution in [0, 0.1) is 0 Å². The van der Waals surface area contributed by atoms with E-state index >= 15 is 0 Å². The third-order valence-corrected chi connectivity index (χ3v) is 3.21. The van der Waals surface area contributed by atoms with Gasteiger partial charge in [-0.15, -0.1) is 11.8 Å². The zero-order valence-electron chi connectivity index (χ0n) is 10.3. The van der Waals surface area contributed by atoms with Gasteiger partial charge in [0.25, 0.3) is 0 Å². The van der Waals surface area contributed by atoms with Gasteiger partial charge >= 0.3 is 0 Å². The highest BCUT2D eigenvalue weighted by Crippen LogP contribution is 2.15. The lowest BCUT2D eigenvalue weighted by Crippen LogP contribution is -2.24. The molecule has 0 spiro atoms. The number of hydrogen-bond donors (Lipinski definition) is 3. The van der Waals surface area contributed by atoms with E-state index in [1.165, 1.54) is 11.8 Å². The maximum absolute atomic E-state index is 11.0. The summed E-state index contributed by atoms with van der Waals surface area (Å²) in [7, 11) is 1.59. The molecule has 0 saturated heterocycles. The Hall–Kier alpha value is -1.40. The van der Waals surface area contributed by atoms with Crippen LogP contribution in [0.15, 0.2) is 24.3 Å². The molecule has 0 aliphatic rings. The molecule has 100 valence electrons. The first-order valence-electron chi connectivity index (χ1n) is 5.56. The zero-order valence-corrected chi connectivity index (χ0v) is 11.1. The minimum absolute atomic E-state index is 0.0519. The molecule has 6 heteroatoms. The Morgan fingerprint density at radius 2 is 2.39 bits per heavy atom. The second-order valence-corrected chi connectivity index (χ2v) is 4.76. The first-order valence-corrected chi connectivity index (χ1v) is 6.72. The monoisotopic (exact) mass is 270 g/mol. The van der Waals surface area contributed by atoms with Crippen LogP contribution in [0.25, 0.3) is 0 Å². The molecule has 4 N–H and O–H groups in total. The number of nitrogens with two attached hydrogens (primary N) is 1. The maximum atomic E-state index is 11.0. The van der Waals surface area contributed by atoms with E-state index in [2.05, 4.69) is 5.32 Å². The van der Waals surface area contributed by atoms with Crippen molar-refractivity contribution in [2.45, 2.75) is 6.10 Å². The fourth-order valence-corrected chi connectivity index (χ4v) is 2.02. The van der Waals surface area contributed by atoms with Crippen LogP contribution in [-0.2, 0) is 4.79 Å². The van der Waals surface area contributed by atoms with E-state index in [1.807, 2.05) is 0 Å². The highest BCUT2D eigenvalue weighted by atomic mass is 32.2. The molecule has 0 saturated carbocycles. The summed E-state index contributed by atoms with van der Waals surface area (Å²) in [6, 6.07) is 7.03. The molecule has 5 nitrogen and oxygen atoms in total. The Morgan fingerprint density at radius 3 is 3.06 bits per heavy atom. The summed E-state index contributed by atoms with van der Waals surface area (Å²) in [6.45, 7) is 0.185. The van der Waals surface area contributed by atoms with E-state index in [0.29, 0.717) is 22.9 Å². The van der Waals surface area contributed by atoms with E-state index in [9.17, 15) is 9.90 Å². The van der Waals surface area contributed by atoms with Gasteiger partial charge in [-0.3, -0.25) is 4.79 Å². The molecular formula is C12H18N2O3S. The predicted molar refractivity (Wildman–Crippen MR) is 73.7 cm³/mol. The van der Waals surface area contributed by atoms with Crippen molar-refractivity contribution in [3.63, 3.8) is 0 Å². The van der Waals surface area contributed by atoms with Crippen molar-refractivity contribution in [2.24, 2.45) is 0 Å². The number of ether oxygens (including phenoxy) is 1. The quantitative estimate of drug-likeness (QED) is 0.628. The number of aliphatic hydroxyl groups excluding tert-OH is 1. The maximum Gasteiger partial charge on any atom is 0.229 e. The number of nitrogen functional groups attached to an aromatic ring is 1. The number of amides is 1. The Morgan fingerprint density at radius 1 is 1.61 bits per heavy atom. The average molecular weight is 270 g/mol. The number of aliphatic hydroxyl groups is 1. The van der Waals surface area contributed by atoms with Gasteiger partial charge < -0.3 is 20.9 Å². The van der Waals surface area contributed by atoms with E-state index in [0.717, 1.165) is 0 Å². The number of thioether (sulfide) groups is 1. The topological polar surface area (TPSA) is 84.6 Å². The highest BCUT2D eigenvalue weighted by molar-refractivity contribution is 7.99. The lowest BCUT2D eigenvalue weighted by Gasteiger charge is -2.12. The van der Waals surface area contributed by atoms with Crippen LogP contribution in [0.1, 0.15) is 0 Å². The molecule has 0 aromatic heterocycles. The molecule has 1 amide bonds. The fraction of sp³-hybridized carbons (Fsp3) is 0.417. The average Bonchev–Trinajstić information content (AvgIpc) is 2.36. The SMILES string of the molecule is CNC(=O)CSCC(O)COc1cccc(N)c1. The summed E-state index contributed by atoms with van der Waals surface area (Å²) in [5.41, 5.74) is 6.22. The Bertz CT molecular complexity index is 387. The number of rotatable bonds is 7. The predicted octanol–water partition coefficient (Wildman–Crippen LogP) is 0.488. The standard InChI is InChI=1S/C12H18N2O3S/c1-14-12(16)8-18-7-10(15)6-17-11-4-2-3-9(13)5-11/h2-5,10,15H,6-8,13H2,1H3,(H,14,16). The molecule has 1 aromatic rings. The van der Waals surface area contributed by atoms with Gasteiger partial charge in [0.15, 0.2) is 0 Å². The summed E-state index contributed by atoms with van der Waals surface area (Å²) in [5, 5.41) is 12.2. The molecule has 1 rings (SSSR count). The van der Waals surface area contributed by atoms with Crippen LogP contribution < -0.4 is 15.8 Å². The number of benzene rings is 1. The van der Waals surface area contributed by atoms with Crippen molar-refractivity contribution in [1.82, 2.24) is 5.32 Å². The summed E-state index contributed by atoms with van der Waals surface area (Å²) >= 11 is 1.37. The lowest BCUT2D eigenvalue weighted by atomic mass is 10.3. The van der Waals surface area contributed by atoms with Gasteiger partial charge in [-0.25, -0.2) is 0 Å². The molecule has 0 radical (unpaired) electrons. The summed E-state index contributed by atoms with van der Waals surface area (Å²) in [4.78, 5) is 11.0. The molecule has 0 aliphatic heterocycles. The fourth-order valence-electron chi connectivity index (χ4n) is 1.20. The van der Waals surface area contributed by atoms with Crippen molar-refractivity contribution >= 4 is 23.4 Å². The van der Waals surface area contributed by atoms with E-state index in [1.54, 1.807) is 31.3 Å². The number of hydrogen-bond acceptors (Lipinski definition) is 5. The first-order chi connectivity index (χ1) is 8.61. The largest absolute Gasteiger partial charge is 0.491 e. The van der Waals surface area contributed by atoms with Gasteiger partial charge in [-0.2, -0.15) is 0 Å². The molecule has 0 fully saturated rings. The molecule has 1 unspecified atom stereocenters. The number of carbonyl (C=O) groups excluding carboxylic acids is 1. The van der Waals surface area contributed by atoms with Crippen LogP contribution in [-0.4, -0.2) is 42.3 Å². The summed E-state index contributed by atoms with van der Waals surface area (Å²) < 4.78 is 5.39. The van der Waals surface area contributed by atoms with Gasteiger partial charge in [0.1, 0.15) is 12.4 Å².